The SMILES string of the molecule is Cc1nc(-n2cncn2)ccc1-n1ccc2c(CCC3CC4CC[C@@H](C3)N4C(=O)C(F)(F)F)ncnc21. The summed E-state index contributed by atoms with van der Waals surface area (Å²) in [5.74, 6) is -0.753. The molecule has 0 aromatic carbocycles. The summed E-state index contributed by atoms with van der Waals surface area (Å²) >= 11 is 0. The maximum absolute atomic E-state index is 13.0. The number of carbonyl (C=O) groups is 1. The van der Waals surface area contributed by atoms with Gasteiger partial charge in [-0.05, 0) is 69.6 Å². The number of aryl methyl sites for hydroxylation is 2. The summed E-state index contributed by atoms with van der Waals surface area (Å²) in [5.41, 5.74) is 3.38. The molecule has 9 nitrogen and oxygen atoms in total. The van der Waals surface area contributed by atoms with Gasteiger partial charge in [0.15, 0.2) is 5.82 Å². The maximum Gasteiger partial charge on any atom is 0.471 e. The first-order valence-electron chi connectivity index (χ1n) is 12.3. The predicted octanol–water partition coefficient (Wildman–Crippen LogP) is 3.97. The number of hydrogen-bond donors (Lipinski definition) is 0. The van der Waals surface area contributed by atoms with E-state index in [1.54, 1.807) is 17.3 Å². The minimum Gasteiger partial charge on any atom is -0.329 e. The number of halogens is 3. The number of piperidine rings is 1. The molecule has 2 fully saturated rings. The molecule has 2 aliphatic heterocycles. The Morgan fingerprint density at radius 3 is 2.54 bits per heavy atom. The smallest absolute Gasteiger partial charge is 0.329 e. The number of pyridine rings is 1. The first-order valence-corrected chi connectivity index (χ1v) is 12.3. The van der Waals surface area contributed by atoms with Crippen molar-refractivity contribution in [2.75, 3.05) is 0 Å². The van der Waals surface area contributed by atoms with Crippen LogP contribution in [0.1, 0.15) is 43.5 Å². The molecule has 2 aliphatic rings. The number of hydrogen-bond acceptors (Lipinski definition) is 6. The summed E-state index contributed by atoms with van der Waals surface area (Å²) in [7, 11) is 0. The van der Waals surface area contributed by atoms with Gasteiger partial charge in [0.05, 0.1) is 17.1 Å². The monoisotopic (exact) mass is 510 g/mol. The van der Waals surface area contributed by atoms with Crippen molar-refractivity contribution in [2.24, 2.45) is 5.92 Å². The van der Waals surface area contributed by atoms with Gasteiger partial charge in [-0.1, -0.05) is 0 Å². The molecule has 0 radical (unpaired) electrons. The highest BCUT2D eigenvalue weighted by molar-refractivity contribution is 5.83. The molecule has 2 unspecified atom stereocenters. The van der Waals surface area contributed by atoms with Gasteiger partial charge in [-0.2, -0.15) is 18.3 Å². The maximum atomic E-state index is 13.0. The van der Waals surface area contributed by atoms with E-state index in [1.807, 2.05) is 35.9 Å². The summed E-state index contributed by atoms with van der Waals surface area (Å²) in [5, 5.41) is 5.06. The van der Waals surface area contributed by atoms with Crippen LogP contribution in [0.25, 0.3) is 22.5 Å². The lowest BCUT2D eigenvalue weighted by Crippen LogP contribution is -2.51. The van der Waals surface area contributed by atoms with Gasteiger partial charge >= 0.3 is 12.1 Å². The van der Waals surface area contributed by atoms with Gasteiger partial charge in [-0.3, -0.25) is 9.36 Å². The molecule has 2 bridgehead atoms. The van der Waals surface area contributed by atoms with Gasteiger partial charge in [0.1, 0.15) is 24.6 Å². The summed E-state index contributed by atoms with van der Waals surface area (Å²) < 4.78 is 42.7. The summed E-state index contributed by atoms with van der Waals surface area (Å²) in [6.07, 6.45) is 5.76. The third-order valence-electron chi connectivity index (χ3n) is 7.62. The number of fused-ring (bicyclic) bond motifs is 3. The normalized spacial score (nSPS) is 21.6. The van der Waals surface area contributed by atoms with Crippen LogP contribution in [0.5, 0.6) is 0 Å². The van der Waals surface area contributed by atoms with Crippen molar-refractivity contribution >= 4 is 16.9 Å². The fraction of sp³-hybridized carbons (Fsp3) is 0.440. The summed E-state index contributed by atoms with van der Waals surface area (Å²) in [6, 6.07) is 5.19. The Balaban J connectivity index is 1.18. The molecule has 1 amide bonds. The van der Waals surface area contributed by atoms with Crippen LogP contribution in [-0.4, -0.2) is 63.4 Å². The van der Waals surface area contributed by atoms with E-state index in [0.717, 1.165) is 39.4 Å². The van der Waals surface area contributed by atoms with E-state index in [-0.39, 0.29) is 18.0 Å². The lowest BCUT2D eigenvalue weighted by molar-refractivity contribution is -0.190. The Bertz CT molecular complexity index is 1430. The topological polar surface area (TPSA) is 94.6 Å². The third kappa shape index (κ3) is 4.23. The van der Waals surface area contributed by atoms with E-state index in [2.05, 4.69) is 25.0 Å². The molecular formula is C25H25F3N8O. The number of rotatable bonds is 5. The summed E-state index contributed by atoms with van der Waals surface area (Å²) in [4.78, 5) is 30.7. The zero-order valence-corrected chi connectivity index (χ0v) is 20.1. The van der Waals surface area contributed by atoms with Crippen molar-refractivity contribution in [3.05, 3.63) is 54.8 Å². The van der Waals surface area contributed by atoms with E-state index in [0.29, 0.717) is 37.9 Å². The van der Waals surface area contributed by atoms with E-state index in [4.69, 9.17) is 0 Å². The van der Waals surface area contributed by atoms with Crippen LogP contribution in [0.2, 0.25) is 0 Å². The molecule has 0 saturated carbocycles. The Kier molecular flexibility index (Phi) is 5.68. The fourth-order valence-electron chi connectivity index (χ4n) is 5.99. The van der Waals surface area contributed by atoms with E-state index >= 15 is 0 Å². The van der Waals surface area contributed by atoms with Gasteiger partial charge in [0.25, 0.3) is 0 Å². The van der Waals surface area contributed by atoms with Crippen LogP contribution in [0.4, 0.5) is 13.2 Å². The zero-order chi connectivity index (χ0) is 25.7. The standard InChI is InChI=1S/C25H25F3N8O/c1-15-21(6-7-22(33-15)35-14-29-12-32-35)34-9-8-19-20(30-13-31-23(19)34)5-2-16-10-17-3-4-18(11-16)36(17)24(37)25(26,27)28/h6-9,12-14,16-18H,2-5,10-11H2,1H3/t16?,17-,18?/m0/s1. The molecule has 3 atom stereocenters. The second kappa shape index (κ2) is 8.93. The Morgan fingerprint density at radius 2 is 1.86 bits per heavy atom. The number of alkyl halides is 3. The first-order chi connectivity index (χ1) is 17.8. The van der Waals surface area contributed by atoms with Gasteiger partial charge in [0, 0.05) is 23.7 Å². The Hall–Kier alpha value is -3.83. The second-order valence-corrected chi connectivity index (χ2v) is 9.83. The summed E-state index contributed by atoms with van der Waals surface area (Å²) in [6.45, 7) is 1.92. The van der Waals surface area contributed by atoms with Crippen LogP contribution in [0.15, 0.2) is 43.4 Å². The van der Waals surface area contributed by atoms with Crippen LogP contribution in [0.3, 0.4) is 0 Å². The van der Waals surface area contributed by atoms with Gasteiger partial charge in [-0.15, -0.1) is 0 Å². The third-order valence-corrected chi connectivity index (χ3v) is 7.62. The highest BCUT2D eigenvalue weighted by Gasteiger charge is 2.51. The molecule has 4 aromatic heterocycles. The van der Waals surface area contributed by atoms with Crippen LogP contribution >= 0.6 is 0 Å². The average molecular weight is 511 g/mol. The van der Waals surface area contributed by atoms with Gasteiger partial charge < -0.3 is 4.90 Å². The molecule has 0 N–H and O–H groups in total. The van der Waals surface area contributed by atoms with E-state index in [1.165, 1.54) is 6.33 Å². The van der Waals surface area contributed by atoms with Gasteiger partial charge in [-0.25, -0.2) is 24.6 Å². The quantitative estimate of drug-likeness (QED) is 0.403. The predicted molar refractivity (Wildman–Crippen MR) is 127 cm³/mol. The molecule has 6 rings (SSSR count). The number of carbonyl (C=O) groups excluding carboxylic acids is 1. The second-order valence-electron chi connectivity index (χ2n) is 9.83. The van der Waals surface area contributed by atoms with Crippen molar-refractivity contribution in [3.8, 4) is 11.5 Å². The molecule has 12 heteroatoms. The number of amides is 1. The van der Waals surface area contributed by atoms with Crippen molar-refractivity contribution in [1.82, 2.24) is 39.2 Å². The minimum absolute atomic E-state index is 0.262. The molecule has 37 heavy (non-hydrogen) atoms. The molecular weight excluding hydrogens is 485 g/mol. The van der Waals surface area contributed by atoms with Crippen LogP contribution < -0.4 is 0 Å². The highest BCUT2D eigenvalue weighted by atomic mass is 19.4. The lowest BCUT2D eigenvalue weighted by Gasteiger charge is -2.39. The van der Waals surface area contributed by atoms with Crippen LogP contribution in [-0.2, 0) is 11.2 Å². The Labute approximate surface area is 210 Å². The molecule has 4 aromatic rings. The number of aromatic nitrogens is 7. The molecule has 192 valence electrons. The minimum atomic E-state index is -4.81. The number of nitrogens with zero attached hydrogens (tertiary/aromatic N) is 8. The van der Waals surface area contributed by atoms with Crippen molar-refractivity contribution in [1.29, 1.82) is 0 Å². The Morgan fingerprint density at radius 1 is 1.08 bits per heavy atom. The van der Waals surface area contributed by atoms with Crippen molar-refractivity contribution in [3.63, 3.8) is 0 Å². The lowest BCUT2D eigenvalue weighted by atomic mass is 9.86. The molecule has 0 spiro atoms. The van der Waals surface area contributed by atoms with E-state index in [9.17, 15) is 18.0 Å². The fourth-order valence-corrected chi connectivity index (χ4v) is 5.99. The van der Waals surface area contributed by atoms with Gasteiger partial charge in [0.2, 0.25) is 0 Å². The highest BCUT2D eigenvalue weighted by Crippen LogP contribution is 2.42. The van der Waals surface area contributed by atoms with Crippen molar-refractivity contribution < 1.29 is 18.0 Å². The average Bonchev–Trinajstić information content (AvgIpc) is 3.60. The first kappa shape index (κ1) is 23.6. The van der Waals surface area contributed by atoms with Crippen molar-refractivity contribution in [2.45, 2.75) is 63.7 Å². The largest absolute Gasteiger partial charge is 0.471 e. The molecule has 0 aliphatic carbocycles. The molecule has 2 saturated heterocycles. The molecule has 6 heterocycles. The zero-order valence-electron chi connectivity index (χ0n) is 20.1. The van der Waals surface area contributed by atoms with E-state index < -0.39 is 12.1 Å². The van der Waals surface area contributed by atoms with Crippen LogP contribution in [0, 0.1) is 12.8 Å².